The van der Waals surface area contributed by atoms with Crippen LogP contribution in [-0.2, 0) is 0 Å². The van der Waals surface area contributed by atoms with Gasteiger partial charge in [0.2, 0.25) is 0 Å². The predicted molar refractivity (Wildman–Crippen MR) is 61.7 cm³/mol. The lowest BCUT2D eigenvalue weighted by Gasteiger charge is -2.05. The van der Waals surface area contributed by atoms with Gasteiger partial charge in [-0.15, -0.1) is 0 Å². The number of hydrogen-bond acceptors (Lipinski definition) is 2. The van der Waals surface area contributed by atoms with Crippen LogP contribution in [0.25, 0.3) is 10.9 Å². The summed E-state index contributed by atoms with van der Waals surface area (Å²) in [6.45, 7) is 0. The first kappa shape index (κ1) is 8.77. The van der Waals surface area contributed by atoms with E-state index in [4.69, 9.17) is 5.73 Å². The van der Waals surface area contributed by atoms with E-state index in [2.05, 4.69) is 16.3 Å². The Bertz CT molecular complexity index is 481. The molecule has 1 aromatic carbocycles. The van der Waals surface area contributed by atoms with E-state index in [1.165, 1.54) is 36.8 Å². The molecule has 0 spiro atoms. The van der Waals surface area contributed by atoms with E-state index in [0.717, 1.165) is 11.2 Å². The lowest BCUT2D eigenvalue weighted by molar-refractivity contribution is 0.698. The molecule has 0 unspecified atom stereocenters. The second kappa shape index (κ2) is 3.26. The van der Waals surface area contributed by atoms with Gasteiger partial charge in [-0.2, -0.15) is 5.10 Å². The maximum absolute atomic E-state index is 5.73. The fraction of sp³-hybridized carbons (Fsp3) is 0.417. The van der Waals surface area contributed by atoms with Gasteiger partial charge in [0.05, 0.1) is 5.52 Å². The van der Waals surface area contributed by atoms with Crippen molar-refractivity contribution in [2.45, 2.75) is 31.6 Å². The molecule has 0 bridgehead atoms. The van der Waals surface area contributed by atoms with Crippen LogP contribution in [0, 0.1) is 0 Å². The topological polar surface area (TPSA) is 54.7 Å². The summed E-state index contributed by atoms with van der Waals surface area (Å²) in [4.78, 5) is 0. The molecule has 3 N–H and O–H groups in total. The third-order valence-electron chi connectivity index (χ3n) is 3.37. The summed E-state index contributed by atoms with van der Waals surface area (Å²) in [5.74, 6) is 0.679. The molecular weight excluding hydrogens is 186 g/mol. The van der Waals surface area contributed by atoms with E-state index in [0.29, 0.717) is 5.92 Å². The minimum atomic E-state index is 0.679. The Labute approximate surface area is 88.7 Å². The van der Waals surface area contributed by atoms with Crippen LogP contribution in [0.4, 0.5) is 5.69 Å². The van der Waals surface area contributed by atoms with Gasteiger partial charge in [-0.05, 0) is 31.0 Å². The first-order chi connectivity index (χ1) is 7.34. The third kappa shape index (κ3) is 1.39. The molecule has 1 heterocycles. The van der Waals surface area contributed by atoms with Crippen molar-refractivity contribution in [1.82, 2.24) is 10.2 Å². The standard InChI is InChI=1S/C12H15N3/c13-9-5-6-10-11(7-9)14-15-12(10)8-3-1-2-4-8/h5-8H,1-4,13H2,(H,14,15). The number of aromatic nitrogens is 2. The molecule has 0 amide bonds. The van der Waals surface area contributed by atoms with Gasteiger partial charge in [-0.1, -0.05) is 12.8 Å². The second-order valence-electron chi connectivity index (χ2n) is 4.40. The van der Waals surface area contributed by atoms with Crippen LogP contribution >= 0.6 is 0 Å². The van der Waals surface area contributed by atoms with E-state index >= 15 is 0 Å². The minimum Gasteiger partial charge on any atom is -0.399 e. The Morgan fingerprint density at radius 1 is 1.27 bits per heavy atom. The minimum absolute atomic E-state index is 0.679. The quantitative estimate of drug-likeness (QED) is 0.697. The van der Waals surface area contributed by atoms with Crippen LogP contribution in [0.1, 0.15) is 37.3 Å². The average molecular weight is 201 g/mol. The zero-order valence-electron chi connectivity index (χ0n) is 8.66. The first-order valence-corrected chi connectivity index (χ1v) is 5.58. The maximum Gasteiger partial charge on any atom is 0.0944 e. The van der Waals surface area contributed by atoms with Gasteiger partial charge in [-0.25, -0.2) is 0 Å². The number of nitrogens with two attached hydrogens (primary N) is 1. The fourth-order valence-corrected chi connectivity index (χ4v) is 2.58. The molecule has 3 nitrogen and oxygen atoms in total. The normalized spacial score (nSPS) is 17.6. The molecule has 1 aliphatic carbocycles. The Morgan fingerprint density at radius 3 is 2.87 bits per heavy atom. The number of anilines is 1. The molecule has 0 atom stereocenters. The van der Waals surface area contributed by atoms with Crippen LogP contribution in [0.3, 0.4) is 0 Å². The summed E-state index contributed by atoms with van der Waals surface area (Å²) in [6, 6.07) is 5.97. The number of H-pyrrole nitrogens is 1. The lowest BCUT2D eigenvalue weighted by atomic mass is 10.0. The van der Waals surface area contributed by atoms with E-state index in [9.17, 15) is 0 Å². The number of nitrogen functional groups attached to an aromatic ring is 1. The van der Waals surface area contributed by atoms with Crippen molar-refractivity contribution in [3.8, 4) is 0 Å². The van der Waals surface area contributed by atoms with Crippen molar-refractivity contribution in [1.29, 1.82) is 0 Å². The molecule has 0 aliphatic heterocycles. The molecule has 1 fully saturated rings. The number of rotatable bonds is 1. The molecule has 78 valence electrons. The van der Waals surface area contributed by atoms with Crippen LogP contribution < -0.4 is 5.73 Å². The number of fused-ring (bicyclic) bond motifs is 1. The number of nitrogens with one attached hydrogen (secondary N) is 1. The summed E-state index contributed by atoms with van der Waals surface area (Å²) < 4.78 is 0. The Kier molecular flexibility index (Phi) is 1.91. The molecular formula is C12H15N3. The summed E-state index contributed by atoms with van der Waals surface area (Å²) in [7, 11) is 0. The molecule has 2 aromatic rings. The van der Waals surface area contributed by atoms with Gasteiger partial charge >= 0.3 is 0 Å². The highest BCUT2D eigenvalue weighted by atomic mass is 15.1. The van der Waals surface area contributed by atoms with Gasteiger partial charge in [0.1, 0.15) is 0 Å². The van der Waals surface area contributed by atoms with Gasteiger partial charge in [0, 0.05) is 22.7 Å². The summed E-state index contributed by atoms with van der Waals surface area (Å²) in [5, 5.41) is 8.74. The Morgan fingerprint density at radius 2 is 2.07 bits per heavy atom. The van der Waals surface area contributed by atoms with Crippen molar-refractivity contribution >= 4 is 16.6 Å². The Balaban J connectivity index is 2.11. The third-order valence-corrected chi connectivity index (χ3v) is 3.37. The maximum atomic E-state index is 5.73. The monoisotopic (exact) mass is 201 g/mol. The molecule has 1 aliphatic rings. The molecule has 15 heavy (non-hydrogen) atoms. The molecule has 3 rings (SSSR count). The summed E-state index contributed by atoms with van der Waals surface area (Å²) in [5.41, 5.74) is 8.82. The van der Waals surface area contributed by atoms with Gasteiger partial charge in [-0.3, -0.25) is 5.10 Å². The highest BCUT2D eigenvalue weighted by molar-refractivity contribution is 5.84. The van der Waals surface area contributed by atoms with E-state index in [1.807, 2.05) is 12.1 Å². The van der Waals surface area contributed by atoms with Crippen molar-refractivity contribution in [3.05, 3.63) is 23.9 Å². The van der Waals surface area contributed by atoms with E-state index < -0.39 is 0 Å². The van der Waals surface area contributed by atoms with Crippen LogP contribution in [-0.4, -0.2) is 10.2 Å². The average Bonchev–Trinajstić information content (AvgIpc) is 2.82. The summed E-state index contributed by atoms with van der Waals surface area (Å²) in [6.07, 6.45) is 5.28. The highest BCUT2D eigenvalue weighted by Gasteiger charge is 2.20. The highest BCUT2D eigenvalue weighted by Crippen LogP contribution is 2.36. The lowest BCUT2D eigenvalue weighted by Crippen LogP contribution is -1.93. The van der Waals surface area contributed by atoms with Crippen molar-refractivity contribution in [3.63, 3.8) is 0 Å². The molecule has 0 saturated heterocycles. The number of benzene rings is 1. The van der Waals surface area contributed by atoms with Crippen molar-refractivity contribution in [2.24, 2.45) is 0 Å². The largest absolute Gasteiger partial charge is 0.399 e. The van der Waals surface area contributed by atoms with E-state index in [1.54, 1.807) is 0 Å². The number of hydrogen-bond donors (Lipinski definition) is 2. The zero-order valence-corrected chi connectivity index (χ0v) is 8.66. The zero-order chi connectivity index (χ0) is 10.3. The summed E-state index contributed by atoms with van der Waals surface area (Å²) >= 11 is 0. The Hall–Kier alpha value is -1.51. The second-order valence-corrected chi connectivity index (χ2v) is 4.40. The van der Waals surface area contributed by atoms with Crippen LogP contribution in [0.15, 0.2) is 18.2 Å². The van der Waals surface area contributed by atoms with Crippen LogP contribution in [0.5, 0.6) is 0 Å². The fourth-order valence-electron chi connectivity index (χ4n) is 2.58. The molecule has 1 saturated carbocycles. The molecule has 0 radical (unpaired) electrons. The predicted octanol–water partition coefficient (Wildman–Crippen LogP) is 2.80. The van der Waals surface area contributed by atoms with E-state index in [-0.39, 0.29) is 0 Å². The van der Waals surface area contributed by atoms with Gasteiger partial charge in [0.15, 0.2) is 0 Å². The molecule has 1 aromatic heterocycles. The number of nitrogens with zero attached hydrogens (tertiary/aromatic N) is 1. The van der Waals surface area contributed by atoms with Gasteiger partial charge < -0.3 is 5.73 Å². The smallest absolute Gasteiger partial charge is 0.0944 e. The molecule has 3 heteroatoms. The number of aromatic amines is 1. The van der Waals surface area contributed by atoms with Crippen molar-refractivity contribution < 1.29 is 0 Å². The SMILES string of the molecule is Nc1ccc2c(C3CCCC3)[nH]nc2c1. The first-order valence-electron chi connectivity index (χ1n) is 5.58. The van der Waals surface area contributed by atoms with Crippen molar-refractivity contribution in [2.75, 3.05) is 5.73 Å². The van der Waals surface area contributed by atoms with Gasteiger partial charge in [0.25, 0.3) is 0 Å². The van der Waals surface area contributed by atoms with Crippen LogP contribution in [0.2, 0.25) is 0 Å².